The first-order valence-electron chi connectivity index (χ1n) is 16.4. The Labute approximate surface area is 382 Å². The first-order chi connectivity index (χ1) is 17.0. The summed E-state index contributed by atoms with van der Waals surface area (Å²) >= 11 is 0. The van der Waals surface area contributed by atoms with Crippen LogP contribution >= 0.6 is 0 Å². The molecule has 22 heteroatoms. The fraction of sp³-hybridized carbons (Fsp3) is 1.00. The Morgan fingerprint density at radius 3 is 0.204 bits per heavy atom. The Hall–Kier alpha value is 1.62. The maximum Gasteiger partial charge on any atom is 0.0757 e. The van der Waals surface area contributed by atoms with Crippen molar-refractivity contribution in [3.8, 4) is 0 Å². The van der Waals surface area contributed by atoms with E-state index >= 15 is 0 Å². The molecule has 0 aromatic rings. The number of nitrogens with zero attached hydrogens (tertiary/aromatic N) is 4. The summed E-state index contributed by atoms with van der Waals surface area (Å²) < 4.78 is 5.11. The zero-order valence-corrected chi connectivity index (χ0v) is 42.4. The van der Waals surface area contributed by atoms with Crippen molar-refractivity contribution in [1.29, 1.82) is 0 Å². The molecule has 356 valence electrons. The van der Waals surface area contributed by atoms with Crippen LogP contribution in [0.4, 0.5) is 0 Å². The Morgan fingerprint density at radius 1 is 0.167 bits per heavy atom. The quantitative estimate of drug-likeness (QED) is 0.194. The van der Waals surface area contributed by atoms with Gasteiger partial charge in [-0.25, -0.2) is 0 Å². The predicted octanol–water partition coefficient (Wildman–Crippen LogP) is 4.45. The van der Waals surface area contributed by atoms with Gasteiger partial charge in [0.15, 0.2) is 0 Å². The van der Waals surface area contributed by atoms with Gasteiger partial charge in [-0.3, -0.25) is 0 Å². The van der Waals surface area contributed by atoms with Gasteiger partial charge in [0, 0.05) is 74.2 Å². The Bertz CT molecular complexity index is 333. The molecule has 4 radical (unpaired) electrons. The van der Waals surface area contributed by atoms with E-state index in [1.807, 2.05) is 0 Å². The molecule has 0 aromatic heterocycles. The van der Waals surface area contributed by atoms with E-state index in [9.17, 15) is 0 Å². The van der Waals surface area contributed by atoms with Crippen LogP contribution in [0.2, 0.25) is 0 Å². The molecule has 0 saturated carbocycles. The van der Waals surface area contributed by atoms with E-state index in [1.54, 1.807) is 0 Å². The van der Waals surface area contributed by atoms with Crippen LogP contribution in [0.3, 0.4) is 0 Å². The van der Waals surface area contributed by atoms with Crippen molar-refractivity contribution in [2.45, 2.75) is 111 Å². The van der Waals surface area contributed by atoms with Gasteiger partial charge in [-0.2, -0.15) is 0 Å². The molecule has 54 heavy (non-hydrogen) atoms. The monoisotopic (exact) mass is 952 g/mol. The number of rotatable bonds is 16. The summed E-state index contributed by atoms with van der Waals surface area (Å²) in [6.07, 6.45) is 0. The molecule has 0 bridgehead atoms. The molecule has 0 fully saturated rings. The molecule has 0 atom stereocenters. The van der Waals surface area contributed by atoms with Gasteiger partial charge in [0.05, 0.1) is 105 Å². The van der Waals surface area contributed by atoms with Crippen LogP contribution in [-0.2, 0) is 140 Å². The third-order valence-corrected chi connectivity index (χ3v) is 10.7. The fourth-order valence-corrected chi connectivity index (χ4v) is 5.37. The molecule has 0 rings (SSSR count). The average Bonchev–Trinajstić information content (AvgIpc) is 2.96. The van der Waals surface area contributed by atoms with E-state index in [0.29, 0.717) is 0 Å². The largest absolute Gasteiger partial charge is 2.00 e. The summed E-state index contributed by atoms with van der Waals surface area (Å²) in [6, 6.07) is 0. The molecule has 18 nitrogen and oxygen atoms in total. The van der Waals surface area contributed by atoms with Gasteiger partial charge in [-0.15, -0.1) is 0 Å². The van der Waals surface area contributed by atoms with Gasteiger partial charge in [-0.1, -0.05) is 0 Å². The van der Waals surface area contributed by atoms with Crippen LogP contribution in [0.5, 0.6) is 0 Å². The molecule has 0 aliphatic carbocycles. The maximum absolute atomic E-state index is 2.27. The minimum atomic E-state index is 0. The number of hydrogen-bond donors (Lipinski definition) is 0. The van der Waals surface area contributed by atoms with Crippen molar-refractivity contribution < 1.29 is 169 Å². The second-order valence-corrected chi connectivity index (χ2v) is 10.4. The third kappa shape index (κ3) is 60.3. The zero-order valence-electron chi connectivity index (χ0n) is 36.8. The summed E-state index contributed by atoms with van der Waals surface area (Å²) in [5.41, 5.74) is 0. The van der Waals surface area contributed by atoms with Gasteiger partial charge in [0.2, 0.25) is 0 Å². The van der Waals surface area contributed by atoms with E-state index in [-0.39, 0.29) is 151 Å². The van der Waals surface area contributed by atoms with Crippen LogP contribution in [-0.4, -0.2) is 134 Å². The normalized spacial score (nSPS) is 8.00. The number of hydrogen-bond acceptors (Lipinski definition) is 0. The SMILES string of the molecule is CC[N+](CC)(CC)CC.CC[N+](CC)(CC)CC.CC[N+](CC)(CC)CC.CC[N+](CC)(CC)CC.O.O.[O-2].[O-2].[O-2].[O-2].[O-2].[O-2].[O-2].[O-2].[O-2].[O-2].[O-2].[O-2].[V].[V].[V].[V]. The summed E-state index contributed by atoms with van der Waals surface area (Å²) in [6.45, 7) is 56.9. The maximum atomic E-state index is 2.27. The fourth-order valence-electron chi connectivity index (χ4n) is 5.37. The van der Waals surface area contributed by atoms with Gasteiger partial charge < -0.3 is 94.6 Å². The van der Waals surface area contributed by atoms with E-state index in [2.05, 4.69) is 111 Å². The van der Waals surface area contributed by atoms with E-state index in [4.69, 9.17) is 0 Å². The summed E-state index contributed by atoms with van der Waals surface area (Å²) in [5.74, 6) is 0. The Kier molecular flexibility index (Phi) is 246. The second kappa shape index (κ2) is 90.7. The van der Waals surface area contributed by atoms with E-state index < -0.39 is 0 Å². The second-order valence-electron chi connectivity index (χ2n) is 10.4. The van der Waals surface area contributed by atoms with Crippen LogP contribution in [0.15, 0.2) is 0 Å². The van der Waals surface area contributed by atoms with Gasteiger partial charge in [0.25, 0.3) is 0 Å². The van der Waals surface area contributed by atoms with Crippen molar-refractivity contribution in [3.63, 3.8) is 0 Å². The van der Waals surface area contributed by atoms with Crippen LogP contribution < -0.4 is 0 Å². The van der Waals surface area contributed by atoms with Crippen molar-refractivity contribution in [3.05, 3.63) is 0 Å². The van der Waals surface area contributed by atoms with Crippen LogP contribution in [0.25, 0.3) is 0 Å². The first kappa shape index (κ1) is 147. The Balaban J connectivity index is -0.0000000114. The molecule has 0 spiro atoms. The van der Waals surface area contributed by atoms with E-state index in [0.717, 1.165) is 0 Å². The molecular formula is C32H84N4O14V4-20. The average molecular weight is 953 g/mol. The molecule has 0 aromatic carbocycles. The standard InChI is InChI=1S/4C8H20N.2H2O.12O.4V/c4*1-5-9(6-2,7-3)8-4;;;;;;;;;;;;;;;;;;/h4*5-8H2,1-4H3;2*1H2;;;;;;;;;;;;;;;;/q4*+1;;;12*-2;;;;. The molecule has 0 aliphatic rings. The third-order valence-electron chi connectivity index (χ3n) is 10.7. The van der Waals surface area contributed by atoms with Gasteiger partial charge in [0.1, 0.15) is 0 Å². The number of quaternary nitrogens is 4. The molecule has 0 heterocycles. The summed E-state index contributed by atoms with van der Waals surface area (Å²) in [7, 11) is 0. The topological polar surface area (TPSA) is 405 Å². The molecular weight excluding hydrogens is 868 g/mol. The van der Waals surface area contributed by atoms with Gasteiger partial charge in [-0.05, 0) is 111 Å². The van der Waals surface area contributed by atoms with Crippen LogP contribution in [0.1, 0.15) is 111 Å². The van der Waals surface area contributed by atoms with Crippen molar-refractivity contribution in [1.82, 2.24) is 0 Å². The molecule has 4 N–H and O–H groups in total. The van der Waals surface area contributed by atoms with Gasteiger partial charge >= 0.3 is 0 Å². The summed E-state index contributed by atoms with van der Waals surface area (Å²) in [5, 5.41) is 0. The smallest absolute Gasteiger partial charge is 0.0757 e. The minimum absolute atomic E-state index is 0. The van der Waals surface area contributed by atoms with Crippen molar-refractivity contribution in [2.75, 3.05) is 105 Å². The van der Waals surface area contributed by atoms with E-state index in [1.165, 1.54) is 123 Å². The zero-order chi connectivity index (χ0) is 29.3. The minimum Gasteiger partial charge on any atom is -2.00 e. The molecule has 0 amide bonds. The van der Waals surface area contributed by atoms with Crippen LogP contribution in [0, 0.1) is 0 Å². The summed E-state index contributed by atoms with van der Waals surface area (Å²) in [4.78, 5) is 0. The first-order valence-corrected chi connectivity index (χ1v) is 16.4. The molecule has 0 unspecified atom stereocenters. The van der Waals surface area contributed by atoms with Crippen molar-refractivity contribution >= 4 is 0 Å². The Morgan fingerprint density at radius 2 is 0.204 bits per heavy atom. The van der Waals surface area contributed by atoms with Crippen molar-refractivity contribution in [2.24, 2.45) is 0 Å². The molecule has 0 saturated heterocycles. The predicted molar refractivity (Wildman–Crippen MR) is 185 cm³/mol. The molecule has 0 aliphatic heterocycles.